The Bertz CT molecular complexity index is 192. The number of rotatable bonds is 0. The molecule has 0 aromatic rings. The normalized spacial score (nSPS) is 62.3. The quantitative estimate of drug-likeness (QED) is 0.446. The van der Waals surface area contributed by atoms with Crippen molar-refractivity contribution in [1.29, 1.82) is 0 Å². The van der Waals surface area contributed by atoms with Gasteiger partial charge in [0, 0.05) is 0 Å². The third kappa shape index (κ3) is 0.426. The van der Waals surface area contributed by atoms with Crippen LogP contribution in [-0.2, 0) is 0 Å². The second-order valence-electron chi connectivity index (χ2n) is 4.40. The van der Waals surface area contributed by atoms with Crippen molar-refractivity contribution in [3.8, 4) is 0 Å². The van der Waals surface area contributed by atoms with Gasteiger partial charge in [0.2, 0.25) is 0 Å². The predicted molar refractivity (Wildman–Crippen MR) is 41.5 cm³/mol. The van der Waals surface area contributed by atoms with E-state index >= 15 is 0 Å². The van der Waals surface area contributed by atoms with E-state index in [0.717, 1.165) is 29.6 Å². The van der Waals surface area contributed by atoms with Crippen molar-refractivity contribution in [2.45, 2.75) is 19.8 Å². The highest BCUT2D eigenvalue weighted by molar-refractivity contribution is 5.17. The zero-order chi connectivity index (χ0) is 6.72. The Kier molecular flexibility index (Phi) is 0.805. The molecule has 0 N–H and O–H groups in total. The Morgan fingerprint density at radius 2 is 1.90 bits per heavy atom. The van der Waals surface area contributed by atoms with Crippen molar-refractivity contribution in [1.82, 2.24) is 0 Å². The van der Waals surface area contributed by atoms with Crippen LogP contribution in [0.3, 0.4) is 0 Å². The molecule has 3 aliphatic rings. The van der Waals surface area contributed by atoms with Gasteiger partial charge >= 0.3 is 0 Å². The van der Waals surface area contributed by atoms with Gasteiger partial charge in [-0.15, -0.1) is 0 Å². The van der Waals surface area contributed by atoms with Crippen LogP contribution in [0.5, 0.6) is 0 Å². The Morgan fingerprint density at radius 1 is 1.10 bits per heavy atom. The lowest BCUT2D eigenvalue weighted by Crippen LogP contribution is -2.37. The molecule has 0 amide bonds. The number of hydrogen-bond donors (Lipinski definition) is 0. The zero-order valence-corrected chi connectivity index (χ0v) is 6.46. The van der Waals surface area contributed by atoms with Crippen molar-refractivity contribution in [3.05, 3.63) is 12.2 Å². The van der Waals surface area contributed by atoms with Crippen LogP contribution in [0.1, 0.15) is 19.8 Å². The topological polar surface area (TPSA) is 0 Å². The molecule has 5 unspecified atom stereocenters. The third-order valence-corrected chi connectivity index (χ3v) is 3.99. The maximum atomic E-state index is 2.47. The molecule has 2 saturated carbocycles. The van der Waals surface area contributed by atoms with Gasteiger partial charge in [-0.3, -0.25) is 0 Å². The number of allylic oxidation sites excluding steroid dienone is 2. The molecule has 0 aromatic heterocycles. The average Bonchev–Trinajstić information content (AvgIpc) is 2.40. The van der Waals surface area contributed by atoms with Crippen molar-refractivity contribution in [3.63, 3.8) is 0 Å². The van der Waals surface area contributed by atoms with E-state index in [1.807, 2.05) is 0 Å². The average molecular weight is 134 g/mol. The molecule has 3 aliphatic carbocycles. The fourth-order valence-electron chi connectivity index (χ4n) is 3.53. The van der Waals surface area contributed by atoms with Crippen LogP contribution in [0, 0.1) is 29.6 Å². The molecule has 2 bridgehead atoms. The molecule has 0 heterocycles. The number of fused-ring (bicyclic) bond motifs is 5. The fourth-order valence-corrected chi connectivity index (χ4v) is 3.53. The summed E-state index contributed by atoms with van der Waals surface area (Å²) in [4.78, 5) is 0. The van der Waals surface area contributed by atoms with E-state index in [-0.39, 0.29) is 0 Å². The van der Waals surface area contributed by atoms with Crippen LogP contribution in [0.25, 0.3) is 0 Å². The molecule has 5 atom stereocenters. The summed E-state index contributed by atoms with van der Waals surface area (Å²) in [5.74, 6) is 5.27. The first-order chi connectivity index (χ1) is 4.86. The van der Waals surface area contributed by atoms with Gasteiger partial charge in [-0.25, -0.2) is 0 Å². The first-order valence-electron chi connectivity index (χ1n) is 4.54. The Labute approximate surface area is 62.3 Å². The summed E-state index contributed by atoms with van der Waals surface area (Å²) in [6, 6.07) is 0. The van der Waals surface area contributed by atoms with Crippen molar-refractivity contribution < 1.29 is 0 Å². The minimum Gasteiger partial charge on any atom is -0.0848 e. The molecule has 0 aliphatic heterocycles. The molecule has 0 nitrogen and oxygen atoms in total. The van der Waals surface area contributed by atoms with Crippen LogP contribution < -0.4 is 0 Å². The van der Waals surface area contributed by atoms with E-state index in [4.69, 9.17) is 0 Å². The van der Waals surface area contributed by atoms with Crippen molar-refractivity contribution >= 4 is 0 Å². The van der Waals surface area contributed by atoms with Crippen LogP contribution in [0.4, 0.5) is 0 Å². The maximum absolute atomic E-state index is 2.47. The monoisotopic (exact) mass is 134 g/mol. The lowest BCUT2D eigenvalue weighted by Gasteiger charge is -2.44. The highest BCUT2D eigenvalue weighted by Crippen LogP contribution is 2.60. The molecule has 0 spiro atoms. The van der Waals surface area contributed by atoms with Crippen LogP contribution in [0.15, 0.2) is 12.2 Å². The van der Waals surface area contributed by atoms with Gasteiger partial charge < -0.3 is 0 Å². The summed E-state index contributed by atoms with van der Waals surface area (Å²) in [6.45, 7) is 2.43. The summed E-state index contributed by atoms with van der Waals surface area (Å²) in [6.07, 6.45) is 7.97. The van der Waals surface area contributed by atoms with E-state index < -0.39 is 0 Å². The summed E-state index contributed by atoms with van der Waals surface area (Å²) < 4.78 is 0. The van der Waals surface area contributed by atoms with Crippen molar-refractivity contribution in [2.75, 3.05) is 0 Å². The molecular formula is C10H14. The minimum atomic E-state index is 0.999. The summed E-state index contributed by atoms with van der Waals surface area (Å²) in [7, 11) is 0. The lowest BCUT2D eigenvalue weighted by molar-refractivity contribution is 0.0757. The summed E-state index contributed by atoms with van der Waals surface area (Å²) in [5.41, 5.74) is 0. The van der Waals surface area contributed by atoms with E-state index in [1.54, 1.807) is 0 Å². The number of hydrogen-bond acceptors (Lipinski definition) is 0. The third-order valence-electron chi connectivity index (χ3n) is 3.99. The Hall–Kier alpha value is -0.260. The smallest absolute Gasteiger partial charge is 0.0194 e. The van der Waals surface area contributed by atoms with E-state index in [1.165, 1.54) is 12.8 Å². The van der Waals surface area contributed by atoms with Crippen LogP contribution in [0.2, 0.25) is 0 Å². The van der Waals surface area contributed by atoms with Gasteiger partial charge in [-0.1, -0.05) is 19.1 Å². The first kappa shape index (κ1) is 5.40. The first-order valence-corrected chi connectivity index (χ1v) is 4.54. The second-order valence-corrected chi connectivity index (χ2v) is 4.40. The fraction of sp³-hybridized carbons (Fsp3) is 0.800. The zero-order valence-electron chi connectivity index (χ0n) is 6.46. The molecular weight excluding hydrogens is 120 g/mol. The molecule has 2 fully saturated rings. The molecule has 0 heteroatoms. The van der Waals surface area contributed by atoms with Gasteiger partial charge in [0.25, 0.3) is 0 Å². The predicted octanol–water partition coefficient (Wildman–Crippen LogP) is 2.46. The molecule has 0 aromatic carbocycles. The molecule has 10 heavy (non-hydrogen) atoms. The molecule has 0 saturated heterocycles. The molecule has 54 valence electrons. The van der Waals surface area contributed by atoms with E-state index in [9.17, 15) is 0 Å². The standard InChI is InChI=1S/C10H14/c1-6-4-9-7-2-3-8(5-7)10(6)9/h2-3,6-10H,4-5H2,1H3. The SMILES string of the molecule is CC1CC2C3C=CC(C3)C12. The molecule has 3 rings (SSSR count). The van der Waals surface area contributed by atoms with Gasteiger partial charge in [-0.05, 0) is 42.4 Å². The largest absolute Gasteiger partial charge is 0.0848 e. The van der Waals surface area contributed by atoms with Gasteiger partial charge in [0.1, 0.15) is 0 Å². The summed E-state index contributed by atoms with van der Waals surface area (Å²) >= 11 is 0. The van der Waals surface area contributed by atoms with Crippen LogP contribution in [-0.4, -0.2) is 0 Å². The highest BCUT2D eigenvalue weighted by Gasteiger charge is 2.53. The second kappa shape index (κ2) is 1.49. The van der Waals surface area contributed by atoms with Gasteiger partial charge in [-0.2, -0.15) is 0 Å². The van der Waals surface area contributed by atoms with Crippen LogP contribution >= 0.6 is 0 Å². The Morgan fingerprint density at radius 3 is 2.50 bits per heavy atom. The lowest BCUT2D eigenvalue weighted by atomic mass is 9.61. The molecule has 0 radical (unpaired) electrons. The minimum absolute atomic E-state index is 0.999. The maximum Gasteiger partial charge on any atom is -0.0194 e. The summed E-state index contributed by atoms with van der Waals surface area (Å²) in [5, 5.41) is 0. The van der Waals surface area contributed by atoms with Gasteiger partial charge in [0.15, 0.2) is 0 Å². The van der Waals surface area contributed by atoms with Crippen molar-refractivity contribution in [2.24, 2.45) is 29.6 Å². The van der Waals surface area contributed by atoms with E-state index in [2.05, 4.69) is 19.1 Å². The Balaban J connectivity index is 1.96. The highest BCUT2D eigenvalue weighted by atomic mass is 14.6. The van der Waals surface area contributed by atoms with E-state index in [0.29, 0.717) is 0 Å². The van der Waals surface area contributed by atoms with Gasteiger partial charge in [0.05, 0.1) is 0 Å².